The molecule has 9 nitrogen and oxygen atoms in total. The molecule has 5 rings (SSSR count). The molecule has 224 valence electrons. The normalized spacial score (nSPS) is 21.0. The molecule has 2 aliphatic heterocycles. The maximum atomic E-state index is 14.2. The van der Waals surface area contributed by atoms with Gasteiger partial charge in [0, 0.05) is 11.8 Å². The van der Waals surface area contributed by atoms with Gasteiger partial charge in [0.2, 0.25) is 11.8 Å². The third-order valence-electron chi connectivity index (χ3n) is 7.53. The number of fused-ring (bicyclic) bond motifs is 10. The van der Waals surface area contributed by atoms with Gasteiger partial charge in [0.15, 0.2) is 17.9 Å². The number of likely N-dealkylation sites (N-methyl/N-ethyl adjacent to an activating group) is 1. The summed E-state index contributed by atoms with van der Waals surface area (Å²) in [5, 5.41) is 8.18. The highest BCUT2D eigenvalue weighted by Crippen LogP contribution is 2.27. The average Bonchev–Trinajstić information content (AvgIpc) is 3.02. The number of rotatable bonds is 8. The van der Waals surface area contributed by atoms with Gasteiger partial charge in [0.1, 0.15) is 11.8 Å². The number of hydrogen-bond acceptors (Lipinski definition) is 6. The Morgan fingerprint density at radius 1 is 0.907 bits per heavy atom. The van der Waals surface area contributed by atoms with Gasteiger partial charge < -0.3 is 20.7 Å². The van der Waals surface area contributed by atoms with Gasteiger partial charge in [-0.15, -0.1) is 0 Å². The van der Waals surface area contributed by atoms with Crippen molar-refractivity contribution in [2.45, 2.75) is 44.5 Å². The number of nitrogens with one attached hydrogen (secondary N) is 3. The van der Waals surface area contributed by atoms with Crippen molar-refractivity contribution < 1.29 is 23.9 Å². The molecule has 0 saturated heterocycles. The number of carbonyl (C=O) groups is 4. The first-order chi connectivity index (χ1) is 20.7. The minimum atomic E-state index is -1.57. The molecule has 2 aliphatic rings. The van der Waals surface area contributed by atoms with Crippen LogP contribution in [0, 0.1) is 5.92 Å². The van der Waals surface area contributed by atoms with Crippen LogP contribution in [-0.2, 0) is 14.4 Å². The Kier molecular flexibility index (Phi) is 10.5. The molecule has 0 aromatic heterocycles. The van der Waals surface area contributed by atoms with Crippen molar-refractivity contribution in [2.24, 2.45) is 5.92 Å². The molecule has 3 N–H and O–H groups in total. The summed E-state index contributed by atoms with van der Waals surface area (Å²) >= 11 is 0. The second kappa shape index (κ2) is 14.4. The highest BCUT2D eigenvalue weighted by atomic mass is 16.5. The summed E-state index contributed by atoms with van der Waals surface area (Å²) in [6, 6.07) is 21.0. The van der Waals surface area contributed by atoms with Crippen LogP contribution in [-0.4, -0.2) is 60.6 Å². The van der Waals surface area contributed by atoms with Crippen LogP contribution < -0.4 is 20.7 Å². The molecule has 2 bridgehead atoms. The van der Waals surface area contributed by atoms with Crippen LogP contribution in [0.25, 0.3) is 6.08 Å². The predicted molar refractivity (Wildman–Crippen MR) is 165 cm³/mol. The largest absolute Gasteiger partial charge is 0.483 e. The van der Waals surface area contributed by atoms with E-state index in [2.05, 4.69) is 16.0 Å². The van der Waals surface area contributed by atoms with Crippen molar-refractivity contribution in [3.63, 3.8) is 0 Å². The van der Waals surface area contributed by atoms with Crippen molar-refractivity contribution in [3.05, 3.63) is 108 Å². The van der Waals surface area contributed by atoms with Gasteiger partial charge in [0.05, 0.1) is 6.04 Å². The van der Waals surface area contributed by atoms with Gasteiger partial charge >= 0.3 is 0 Å². The van der Waals surface area contributed by atoms with Crippen molar-refractivity contribution >= 4 is 29.6 Å². The van der Waals surface area contributed by atoms with Crippen molar-refractivity contribution in [2.75, 3.05) is 14.1 Å². The van der Waals surface area contributed by atoms with Crippen molar-refractivity contribution in [1.82, 2.24) is 20.9 Å². The van der Waals surface area contributed by atoms with E-state index in [9.17, 15) is 19.2 Å². The number of benzene rings is 3. The standard InChI is InChI=1S/C34H38N4O5/c1-5-22(2)29(38(3)4)34(42)37-28-31(25-14-10-7-11-15-25)43-26-18-16-23(17-19-26)20-21-35-32(40)27(36-33(28)41)30(39)24-12-8-6-9-13-24/h6-22,27-29,31H,5H2,1-4H3,(H,35,40)(H,36,41)(H,37,42)/b21-20+. The minimum absolute atomic E-state index is 0.0230. The molecule has 3 aromatic rings. The monoisotopic (exact) mass is 582 g/mol. The molecule has 0 radical (unpaired) electrons. The molecule has 5 atom stereocenters. The fraction of sp³-hybridized carbons (Fsp3) is 0.294. The Hall–Kier alpha value is -4.76. The third kappa shape index (κ3) is 7.75. The van der Waals surface area contributed by atoms with E-state index in [0.29, 0.717) is 11.3 Å². The highest BCUT2D eigenvalue weighted by molar-refractivity contribution is 6.15. The first-order valence-electron chi connectivity index (χ1n) is 14.3. The SMILES string of the molecule is CCC(C)C(C(=O)NC1C(=O)NC(C(=O)c2ccccc2)C(=O)N/C=C/c2ccc(cc2)OC1c1ccccc1)N(C)C. The van der Waals surface area contributed by atoms with E-state index < -0.39 is 41.8 Å². The highest BCUT2D eigenvalue weighted by Gasteiger charge is 2.39. The summed E-state index contributed by atoms with van der Waals surface area (Å²) in [6.07, 6.45) is 2.83. The lowest BCUT2D eigenvalue weighted by Crippen LogP contribution is -2.60. The van der Waals surface area contributed by atoms with Crippen LogP contribution in [0.2, 0.25) is 0 Å². The minimum Gasteiger partial charge on any atom is -0.483 e. The lowest BCUT2D eigenvalue weighted by Gasteiger charge is -2.33. The van der Waals surface area contributed by atoms with Crippen LogP contribution in [0.4, 0.5) is 0 Å². The molecule has 5 unspecified atom stereocenters. The summed E-state index contributed by atoms with van der Waals surface area (Å²) < 4.78 is 6.42. The maximum absolute atomic E-state index is 14.2. The summed E-state index contributed by atoms with van der Waals surface area (Å²) in [7, 11) is 3.62. The van der Waals surface area contributed by atoms with E-state index in [1.54, 1.807) is 72.8 Å². The van der Waals surface area contributed by atoms with E-state index in [1.807, 2.05) is 51.0 Å². The van der Waals surface area contributed by atoms with Crippen LogP contribution in [0.1, 0.15) is 47.9 Å². The number of ketones is 1. The molecular weight excluding hydrogens is 544 g/mol. The summed E-state index contributed by atoms with van der Waals surface area (Å²) in [6.45, 7) is 3.96. The zero-order valence-electron chi connectivity index (χ0n) is 24.8. The van der Waals surface area contributed by atoms with E-state index in [-0.39, 0.29) is 17.4 Å². The van der Waals surface area contributed by atoms with E-state index in [1.165, 1.54) is 6.20 Å². The first-order valence-corrected chi connectivity index (χ1v) is 14.3. The number of carbonyl (C=O) groups excluding carboxylic acids is 4. The van der Waals surface area contributed by atoms with Crippen LogP contribution >= 0.6 is 0 Å². The number of nitrogens with zero attached hydrogens (tertiary/aromatic N) is 1. The lowest BCUT2D eigenvalue weighted by atomic mass is 9.95. The predicted octanol–water partition coefficient (Wildman–Crippen LogP) is 3.74. The smallest absolute Gasteiger partial charge is 0.254 e. The number of Topliss-reactive ketones (excluding diaryl/α,β-unsaturated/α-hetero) is 1. The van der Waals surface area contributed by atoms with E-state index in [0.717, 1.165) is 12.0 Å². The topological polar surface area (TPSA) is 117 Å². The molecule has 2 heterocycles. The second-order valence-corrected chi connectivity index (χ2v) is 10.8. The summed E-state index contributed by atoms with van der Waals surface area (Å²) in [5.41, 5.74) is 1.66. The Balaban J connectivity index is 1.83. The zero-order valence-corrected chi connectivity index (χ0v) is 24.8. The summed E-state index contributed by atoms with van der Waals surface area (Å²) in [4.78, 5) is 56.8. The van der Waals surface area contributed by atoms with Crippen LogP contribution in [0.5, 0.6) is 5.75 Å². The van der Waals surface area contributed by atoms with Gasteiger partial charge in [-0.25, -0.2) is 0 Å². The Morgan fingerprint density at radius 2 is 1.53 bits per heavy atom. The molecule has 0 fully saturated rings. The molecule has 0 saturated carbocycles. The molecule has 0 spiro atoms. The quantitative estimate of drug-likeness (QED) is 0.275. The Bertz CT molecular complexity index is 1440. The van der Waals surface area contributed by atoms with Gasteiger partial charge in [-0.2, -0.15) is 0 Å². The molecule has 0 aliphatic carbocycles. The Labute approximate surface area is 252 Å². The van der Waals surface area contributed by atoms with Gasteiger partial charge in [-0.3, -0.25) is 24.1 Å². The van der Waals surface area contributed by atoms with Crippen LogP contribution in [0.15, 0.2) is 91.1 Å². The Morgan fingerprint density at radius 3 is 2.14 bits per heavy atom. The molecule has 9 heteroatoms. The lowest BCUT2D eigenvalue weighted by molar-refractivity contribution is -0.135. The molecule has 43 heavy (non-hydrogen) atoms. The zero-order chi connectivity index (χ0) is 30.9. The van der Waals surface area contributed by atoms with Crippen LogP contribution in [0.3, 0.4) is 0 Å². The molecule has 3 aromatic carbocycles. The number of hydrogen-bond donors (Lipinski definition) is 3. The fourth-order valence-corrected chi connectivity index (χ4v) is 5.07. The second-order valence-electron chi connectivity index (χ2n) is 10.8. The van der Waals surface area contributed by atoms with E-state index in [4.69, 9.17) is 4.74 Å². The average molecular weight is 583 g/mol. The third-order valence-corrected chi connectivity index (χ3v) is 7.53. The van der Waals surface area contributed by atoms with Gasteiger partial charge in [-0.05, 0) is 49.3 Å². The summed E-state index contributed by atoms with van der Waals surface area (Å²) in [5.74, 6) is -1.99. The maximum Gasteiger partial charge on any atom is 0.254 e. The van der Waals surface area contributed by atoms with E-state index >= 15 is 0 Å². The fourth-order valence-electron chi connectivity index (χ4n) is 5.07. The first kappa shape index (κ1) is 31.2. The van der Waals surface area contributed by atoms with Gasteiger partial charge in [-0.1, -0.05) is 93.1 Å². The van der Waals surface area contributed by atoms with Crippen molar-refractivity contribution in [1.29, 1.82) is 0 Å². The number of amides is 3. The molecule has 3 amide bonds. The van der Waals surface area contributed by atoms with Crippen molar-refractivity contribution in [3.8, 4) is 5.75 Å². The number of ether oxygens (including phenoxy) is 1. The van der Waals surface area contributed by atoms with Gasteiger partial charge in [0.25, 0.3) is 5.91 Å². The molecular formula is C34H38N4O5.